The smallest absolute Gasteiger partial charge is 0.271 e. The highest BCUT2D eigenvalue weighted by atomic mass is 16.6. The molecule has 0 aliphatic carbocycles. The number of nitrogens with zero attached hydrogens (tertiary/aromatic N) is 4. The highest BCUT2D eigenvalue weighted by Gasteiger charge is 2.23. The number of hydrogen-bond donors (Lipinski definition) is 0. The summed E-state index contributed by atoms with van der Waals surface area (Å²) < 4.78 is 1.47. The minimum atomic E-state index is -0.770. The Morgan fingerprint density at radius 3 is 1.31 bits per heavy atom. The normalized spacial score (nSPS) is 11.5. The van der Waals surface area contributed by atoms with Crippen LogP contribution in [0.4, 0.5) is 17.1 Å². The molecule has 0 N–H and O–H groups in total. The maximum absolute atomic E-state index is 13.2. The second-order valence-corrected chi connectivity index (χ2v) is 7.06. The number of pyridine rings is 2. The monoisotopic (exact) mass is 432 g/mol. The first-order valence-corrected chi connectivity index (χ1v) is 8.98. The Bertz CT molecular complexity index is 1690. The molecule has 2 aromatic heterocycles. The maximum Gasteiger partial charge on any atom is 0.271 e. The summed E-state index contributed by atoms with van der Waals surface area (Å²) >= 11 is 0. The van der Waals surface area contributed by atoms with E-state index in [-0.39, 0.29) is 49.5 Å². The van der Waals surface area contributed by atoms with Gasteiger partial charge in [-0.25, -0.2) is 0 Å². The minimum absolute atomic E-state index is 0.0863. The molecule has 32 heavy (non-hydrogen) atoms. The van der Waals surface area contributed by atoms with E-state index in [0.717, 1.165) is 24.3 Å². The lowest BCUT2D eigenvalue weighted by atomic mass is 10.0. The van der Waals surface area contributed by atoms with E-state index in [1.807, 2.05) is 0 Å². The van der Waals surface area contributed by atoms with Crippen LogP contribution in [0.5, 0.6) is 0 Å². The predicted molar refractivity (Wildman–Crippen MR) is 114 cm³/mol. The summed E-state index contributed by atoms with van der Waals surface area (Å²) in [4.78, 5) is 58.1. The van der Waals surface area contributed by atoms with Gasteiger partial charge in [0.25, 0.3) is 17.1 Å². The molecule has 2 heterocycles. The van der Waals surface area contributed by atoms with Gasteiger partial charge < -0.3 is 4.40 Å². The van der Waals surface area contributed by atoms with Crippen LogP contribution >= 0.6 is 0 Å². The number of fused-ring (bicyclic) bond motifs is 4. The average molecular weight is 432 g/mol. The van der Waals surface area contributed by atoms with Gasteiger partial charge in [0.1, 0.15) is 0 Å². The quantitative estimate of drug-likeness (QED) is 0.181. The van der Waals surface area contributed by atoms with Crippen molar-refractivity contribution in [3.63, 3.8) is 0 Å². The van der Waals surface area contributed by atoms with Crippen LogP contribution in [0, 0.1) is 30.3 Å². The lowest BCUT2D eigenvalue weighted by molar-refractivity contribution is -0.384. The molecule has 12 nitrogen and oxygen atoms in total. The number of benzene rings is 3. The molecule has 5 aromatic rings. The molecule has 3 aromatic carbocycles. The zero-order chi connectivity index (χ0) is 22.9. The number of aromatic nitrogens is 1. The van der Waals surface area contributed by atoms with Gasteiger partial charge in [-0.15, -0.1) is 0 Å². The van der Waals surface area contributed by atoms with E-state index in [2.05, 4.69) is 0 Å². The van der Waals surface area contributed by atoms with Gasteiger partial charge in [0, 0.05) is 36.4 Å². The van der Waals surface area contributed by atoms with Gasteiger partial charge in [-0.3, -0.25) is 39.9 Å². The number of nitro groups is 3. The highest BCUT2D eigenvalue weighted by molar-refractivity contribution is 6.09. The lowest BCUT2D eigenvalue weighted by Crippen LogP contribution is -2.15. The van der Waals surface area contributed by atoms with Crippen LogP contribution in [0.25, 0.3) is 38.1 Å². The van der Waals surface area contributed by atoms with Crippen LogP contribution in [-0.2, 0) is 0 Å². The van der Waals surface area contributed by atoms with Gasteiger partial charge in [-0.2, -0.15) is 0 Å². The molecule has 156 valence electrons. The van der Waals surface area contributed by atoms with E-state index in [1.54, 1.807) is 0 Å². The molecular formula is C20H8N4O8. The largest absolute Gasteiger partial charge is 0.307 e. The topological polar surface area (TPSA) is 168 Å². The summed E-state index contributed by atoms with van der Waals surface area (Å²) in [5, 5.41) is 33.4. The summed E-state index contributed by atoms with van der Waals surface area (Å²) in [6, 6.07) is 9.18. The minimum Gasteiger partial charge on any atom is -0.307 e. The Morgan fingerprint density at radius 1 is 0.562 bits per heavy atom. The van der Waals surface area contributed by atoms with Crippen molar-refractivity contribution in [1.82, 2.24) is 4.40 Å². The Balaban J connectivity index is 2.17. The Kier molecular flexibility index (Phi) is 3.71. The molecular weight excluding hydrogens is 424 g/mol. The van der Waals surface area contributed by atoms with E-state index in [4.69, 9.17) is 0 Å². The highest BCUT2D eigenvalue weighted by Crippen LogP contribution is 2.32. The van der Waals surface area contributed by atoms with Crippen molar-refractivity contribution in [2.75, 3.05) is 0 Å². The standard InChI is InChI=1S/C20H8N4O8/c25-19-12-5-9(22(27)28)1-3-16(12)21-17-4-2-10(23(29)30)6-13(17)20(26)15-8-11(24(31)32)7-14(19)18(15)21/h1-8H. The molecule has 0 amide bonds. The third-order valence-electron chi connectivity index (χ3n) is 5.37. The molecule has 0 spiro atoms. The average Bonchev–Trinajstić information content (AvgIpc) is 2.77. The second kappa shape index (κ2) is 6.25. The molecule has 0 aliphatic rings. The number of non-ortho nitro benzene ring substituents is 3. The van der Waals surface area contributed by atoms with E-state index in [1.165, 1.54) is 28.7 Å². The number of hydrogen-bond acceptors (Lipinski definition) is 8. The summed E-state index contributed by atoms with van der Waals surface area (Å²) in [6.07, 6.45) is 0. The zero-order valence-corrected chi connectivity index (χ0v) is 15.7. The SMILES string of the molecule is O=c1c2cc([N+](=O)[O-])ccc2n2c3ccc([N+](=O)[O-])cc3c(=O)c3cc([N+](=O)[O-])cc1c32. The van der Waals surface area contributed by atoms with Crippen molar-refractivity contribution in [2.24, 2.45) is 0 Å². The molecule has 0 saturated heterocycles. The van der Waals surface area contributed by atoms with Gasteiger partial charge in [0.2, 0.25) is 0 Å². The van der Waals surface area contributed by atoms with Gasteiger partial charge in [-0.1, -0.05) is 0 Å². The summed E-state index contributed by atoms with van der Waals surface area (Å²) in [7, 11) is 0. The first kappa shape index (κ1) is 19.0. The van der Waals surface area contributed by atoms with Crippen LogP contribution in [0.1, 0.15) is 0 Å². The van der Waals surface area contributed by atoms with Crippen molar-refractivity contribution < 1.29 is 14.8 Å². The first-order valence-electron chi connectivity index (χ1n) is 8.98. The number of nitro benzene ring substituents is 3. The van der Waals surface area contributed by atoms with Crippen LogP contribution < -0.4 is 10.9 Å². The van der Waals surface area contributed by atoms with Crippen molar-refractivity contribution in [1.29, 1.82) is 0 Å². The van der Waals surface area contributed by atoms with Crippen molar-refractivity contribution in [3.8, 4) is 0 Å². The van der Waals surface area contributed by atoms with Crippen molar-refractivity contribution >= 4 is 55.2 Å². The number of rotatable bonds is 3. The van der Waals surface area contributed by atoms with Gasteiger partial charge in [0.15, 0.2) is 10.9 Å². The van der Waals surface area contributed by atoms with Crippen molar-refractivity contribution in [2.45, 2.75) is 0 Å². The fourth-order valence-corrected chi connectivity index (χ4v) is 4.00. The molecule has 0 unspecified atom stereocenters. The summed E-state index contributed by atoms with van der Waals surface area (Å²) in [5.41, 5.74) is -2.14. The fourth-order valence-electron chi connectivity index (χ4n) is 4.00. The van der Waals surface area contributed by atoms with Crippen molar-refractivity contribution in [3.05, 3.63) is 99.3 Å². The van der Waals surface area contributed by atoms with E-state index >= 15 is 0 Å². The lowest BCUT2D eigenvalue weighted by Gasteiger charge is -2.14. The Labute approximate surface area is 174 Å². The Hall–Kier alpha value is -5.00. The van der Waals surface area contributed by atoms with Gasteiger partial charge in [-0.05, 0) is 12.1 Å². The molecule has 0 fully saturated rings. The molecule has 12 heteroatoms. The van der Waals surface area contributed by atoms with E-state index in [9.17, 15) is 39.9 Å². The van der Waals surface area contributed by atoms with E-state index in [0.29, 0.717) is 0 Å². The van der Waals surface area contributed by atoms with E-state index < -0.39 is 31.3 Å². The van der Waals surface area contributed by atoms with Crippen LogP contribution in [0.2, 0.25) is 0 Å². The second-order valence-electron chi connectivity index (χ2n) is 7.06. The van der Waals surface area contributed by atoms with Gasteiger partial charge >= 0.3 is 0 Å². The molecule has 0 saturated carbocycles. The third-order valence-corrected chi connectivity index (χ3v) is 5.37. The van der Waals surface area contributed by atoms with Gasteiger partial charge in [0.05, 0.1) is 52.9 Å². The summed E-state index contributed by atoms with van der Waals surface area (Å²) in [5.74, 6) is 0. The predicted octanol–water partition coefficient (Wildman–Crippen LogP) is 3.28. The molecule has 0 atom stereocenters. The van der Waals surface area contributed by atoms with Crippen LogP contribution in [0.3, 0.4) is 0 Å². The zero-order valence-electron chi connectivity index (χ0n) is 15.7. The summed E-state index contributed by atoms with van der Waals surface area (Å²) in [6.45, 7) is 0. The Morgan fingerprint density at radius 2 is 0.938 bits per heavy atom. The molecule has 0 radical (unpaired) electrons. The molecule has 0 bridgehead atoms. The first-order chi connectivity index (χ1) is 15.2. The molecule has 0 aliphatic heterocycles. The van der Waals surface area contributed by atoms with Crippen LogP contribution in [0.15, 0.2) is 58.1 Å². The molecule has 5 rings (SSSR count). The fraction of sp³-hybridized carbons (Fsp3) is 0. The van der Waals surface area contributed by atoms with Crippen LogP contribution in [-0.4, -0.2) is 19.2 Å². The maximum atomic E-state index is 13.2. The third kappa shape index (κ3) is 2.43.